The van der Waals surface area contributed by atoms with E-state index < -0.39 is 0 Å². The Morgan fingerprint density at radius 1 is 0.839 bits per heavy atom. The number of hydrogen-bond acceptors (Lipinski definition) is 7. The monoisotopic (exact) mass is 427 g/mol. The summed E-state index contributed by atoms with van der Waals surface area (Å²) in [5.41, 5.74) is 2.18. The highest BCUT2D eigenvalue weighted by molar-refractivity contribution is 5.60. The van der Waals surface area contributed by atoms with Crippen molar-refractivity contribution < 1.29 is 28.4 Å². The Kier molecular flexibility index (Phi) is 5.22. The SMILES string of the molecule is COc1cc([C@@H]2c3cc4c(cc3O[C@@H](N3CCCC3)[C@@H]2C)OCO4)cc(OC)c1OC. The van der Waals surface area contributed by atoms with Crippen LogP contribution in [0.25, 0.3) is 0 Å². The van der Waals surface area contributed by atoms with Gasteiger partial charge in [0.2, 0.25) is 12.5 Å². The molecule has 3 heterocycles. The van der Waals surface area contributed by atoms with Crippen LogP contribution in [0.4, 0.5) is 0 Å². The molecule has 7 nitrogen and oxygen atoms in total. The third-order valence-electron chi connectivity index (χ3n) is 6.61. The number of fused-ring (bicyclic) bond motifs is 2. The molecule has 0 radical (unpaired) electrons. The van der Waals surface area contributed by atoms with Gasteiger partial charge >= 0.3 is 0 Å². The average Bonchev–Trinajstić information content (AvgIpc) is 3.48. The predicted octanol–water partition coefficient (Wildman–Crippen LogP) is 4.02. The molecular weight excluding hydrogens is 398 g/mol. The molecule has 166 valence electrons. The summed E-state index contributed by atoms with van der Waals surface area (Å²) in [6.07, 6.45) is 2.39. The van der Waals surface area contributed by atoms with Crippen LogP contribution in [0.5, 0.6) is 34.5 Å². The van der Waals surface area contributed by atoms with Crippen LogP contribution in [0.3, 0.4) is 0 Å². The molecule has 0 aromatic heterocycles. The molecule has 0 aliphatic carbocycles. The molecule has 5 rings (SSSR count). The number of nitrogens with zero attached hydrogens (tertiary/aromatic N) is 1. The summed E-state index contributed by atoms with van der Waals surface area (Å²) in [5.74, 6) is 4.50. The van der Waals surface area contributed by atoms with Crippen molar-refractivity contribution in [2.45, 2.75) is 31.9 Å². The maximum absolute atomic E-state index is 6.57. The Labute approximate surface area is 182 Å². The Morgan fingerprint density at radius 2 is 1.48 bits per heavy atom. The van der Waals surface area contributed by atoms with E-state index >= 15 is 0 Å². The van der Waals surface area contributed by atoms with Gasteiger partial charge < -0.3 is 28.4 Å². The molecule has 0 N–H and O–H groups in total. The van der Waals surface area contributed by atoms with Crippen molar-refractivity contribution in [1.29, 1.82) is 0 Å². The van der Waals surface area contributed by atoms with Gasteiger partial charge in [-0.15, -0.1) is 0 Å². The van der Waals surface area contributed by atoms with E-state index in [4.69, 9.17) is 28.4 Å². The molecule has 1 fully saturated rings. The summed E-state index contributed by atoms with van der Waals surface area (Å²) in [6, 6.07) is 8.12. The minimum absolute atomic E-state index is 0.0144. The van der Waals surface area contributed by atoms with E-state index in [9.17, 15) is 0 Å². The van der Waals surface area contributed by atoms with Gasteiger partial charge in [-0.25, -0.2) is 0 Å². The van der Waals surface area contributed by atoms with Gasteiger partial charge in [-0.1, -0.05) is 6.92 Å². The minimum Gasteiger partial charge on any atom is -0.493 e. The Hall–Kier alpha value is -2.80. The van der Waals surface area contributed by atoms with E-state index in [-0.39, 0.29) is 24.9 Å². The van der Waals surface area contributed by atoms with Crippen molar-refractivity contribution in [1.82, 2.24) is 4.90 Å². The van der Waals surface area contributed by atoms with Gasteiger partial charge in [0.15, 0.2) is 29.2 Å². The Bertz CT molecular complexity index is 946. The van der Waals surface area contributed by atoms with Crippen molar-refractivity contribution in [2.75, 3.05) is 41.2 Å². The average molecular weight is 427 g/mol. The lowest BCUT2D eigenvalue weighted by molar-refractivity contribution is -0.0178. The van der Waals surface area contributed by atoms with Crippen molar-refractivity contribution in [3.05, 3.63) is 35.4 Å². The topological polar surface area (TPSA) is 58.6 Å². The lowest BCUT2D eigenvalue weighted by atomic mass is 9.78. The molecule has 0 bridgehead atoms. The smallest absolute Gasteiger partial charge is 0.231 e. The summed E-state index contributed by atoms with van der Waals surface area (Å²) in [6.45, 7) is 4.59. The van der Waals surface area contributed by atoms with Crippen molar-refractivity contribution in [3.63, 3.8) is 0 Å². The zero-order chi connectivity index (χ0) is 21.5. The highest BCUT2D eigenvalue weighted by atomic mass is 16.7. The van der Waals surface area contributed by atoms with Crippen LogP contribution in [-0.4, -0.2) is 52.3 Å². The first-order chi connectivity index (χ1) is 15.1. The number of methoxy groups -OCH3 is 3. The first-order valence-electron chi connectivity index (χ1n) is 10.8. The molecule has 0 unspecified atom stereocenters. The molecule has 0 saturated carbocycles. The largest absolute Gasteiger partial charge is 0.493 e. The summed E-state index contributed by atoms with van der Waals surface area (Å²) < 4.78 is 34.7. The fraction of sp³-hybridized carbons (Fsp3) is 0.500. The number of benzene rings is 2. The van der Waals surface area contributed by atoms with Gasteiger partial charge in [-0.05, 0) is 36.6 Å². The van der Waals surface area contributed by atoms with E-state index in [0.29, 0.717) is 17.2 Å². The fourth-order valence-corrected chi connectivity index (χ4v) is 5.14. The van der Waals surface area contributed by atoms with Crippen LogP contribution in [0, 0.1) is 5.92 Å². The standard InChI is InChI=1S/C24H29NO6/c1-14-22(15-9-20(26-2)23(28-4)21(10-15)27-3)16-11-18-19(30-13-29-18)12-17(16)31-24(14)25-7-5-6-8-25/h9-12,14,22,24H,5-8,13H2,1-4H3/t14-,22-,24-/m1/s1. The fourth-order valence-electron chi connectivity index (χ4n) is 5.14. The summed E-state index contributed by atoms with van der Waals surface area (Å²) in [5, 5.41) is 0. The van der Waals surface area contributed by atoms with Crippen molar-refractivity contribution in [3.8, 4) is 34.5 Å². The Balaban J connectivity index is 1.66. The third kappa shape index (κ3) is 3.31. The van der Waals surface area contributed by atoms with Gasteiger partial charge in [-0.2, -0.15) is 0 Å². The van der Waals surface area contributed by atoms with Gasteiger partial charge in [-0.3, -0.25) is 4.90 Å². The highest BCUT2D eigenvalue weighted by Crippen LogP contribution is 2.52. The molecule has 3 atom stereocenters. The van der Waals surface area contributed by atoms with Gasteiger partial charge in [0.1, 0.15) is 5.75 Å². The zero-order valence-corrected chi connectivity index (χ0v) is 18.5. The second-order valence-corrected chi connectivity index (χ2v) is 8.29. The lowest BCUT2D eigenvalue weighted by Gasteiger charge is -2.42. The number of rotatable bonds is 5. The van der Waals surface area contributed by atoms with E-state index in [1.165, 1.54) is 12.8 Å². The molecular formula is C24H29NO6. The van der Waals surface area contributed by atoms with E-state index in [0.717, 1.165) is 41.5 Å². The molecule has 0 amide bonds. The first-order valence-corrected chi connectivity index (χ1v) is 10.8. The molecule has 0 spiro atoms. The maximum Gasteiger partial charge on any atom is 0.231 e. The number of ether oxygens (including phenoxy) is 6. The minimum atomic E-state index is -0.0144. The molecule has 7 heteroatoms. The third-order valence-corrected chi connectivity index (χ3v) is 6.61. The lowest BCUT2D eigenvalue weighted by Crippen LogP contribution is -2.46. The highest BCUT2D eigenvalue weighted by Gasteiger charge is 2.42. The maximum atomic E-state index is 6.57. The van der Waals surface area contributed by atoms with Gasteiger partial charge in [0.05, 0.1) is 21.3 Å². The Morgan fingerprint density at radius 3 is 2.10 bits per heavy atom. The quantitative estimate of drug-likeness (QED) is 0.714. The number of hydrogen-bond donors (Lipinski definition) is 0. The van der Waals surface area contributed by atoms with Crippen LogP contribution in [-0.2, 0) is 0 Å². The van der Waals surface area contributed by atoms with E-state index in [2.05, 4.69) is 17.9 Å². The van der Waals surface area contributed by atoms with Gasteiger partial charge in [0.25, 0.3) is 0 Å². The first kappa shape index (κ1) is 20.1. The van der Waals surface area contributed by atoms with Crippen LogP contribution in [0.2, 0.25) is 0 Å². The van der Waals surface area contributed by atoms with E-state index in [1.807, 2.05) is 18.2 Å². The normalized spacial score (nSPS) is 24.5. The number of likely N-dealkylation sites (tertiary alicyclic amines) is 1. The van der Waals surface area contributed by atoms with Crippen LogP contribution >= 0.6 is 0 Å². The summed E-state index contributed by atoms with van der Waals surface area (Å²) in [7, 11) is 4.91. The molecule has 2 aromatic carbocycles. The van der Waals surface area contributed by atoms with Crippen LogP contribution < -0.4 is 28.4 Å². The summed E-state index contributed by atoms with van der Waals surface area (Å²) >= 11 is 0. The second-order valence-electron chi connectivity index (χ2n) is 8.29. The molecule has 2 aromatic rings. The zero-order valence-electron chi connectivity index (χ0n) is 18.5. The van der Waals surface area contributed by atoms with Gasteiger partial charge in [0, 0.05) is 36.6 Å². The van der Waals surface area contributed by atoms with Crippen LogP contribution in [0.15, 0.2) is 24.3 Å². The molecule has 3 aliphatic heterocycles. The summed E-state index contributed by atoms with van der Waals surface area (Å²) in [4.78, 5) is 2.45. The second kappa shape index (κ2) is 8.04. The molecule has 31 heavy (non-hydrogen) atoms. The van der Waals surface area contributed by atoms with Crippen molar-refractivity contribution >= 4 is 0 Å². The molecule has 1 saturated heterocycles. The van der Waals surface area contributed by atoms with E-state index in [1.54, 1.807) is 21.3 Å². The molecule has 3 aliphatic rings. The van der Waals surface area contributed by atoms with Crippen LogP contribution in [0.1, 0.15) is 36.8 Å². The van der Waals surface area contributed by atoms with Crippen molar-refractivity contribution in [2.24, 2.45) is 5.92 Å². The predicted molar refractivity (Wildman–Crippen MR) is 115 cm³/mol.